The number of benzene rings is 1. The summed E-state index contributed by atoms with van der Waals surface area (Å²) < 4.78 is 44.6. The molecule has 1 aromatic carbocycles. The second-order valence-electron chi connectivity index (χ2n) is 4.02. The molecule has 5 nitrogen and oxygen atoms in total. The van der Waals surface area contributed by atoms with Crippen molar-refractivity contribution in [1.82, 2.24) is 5.32 Å². The Morgan fingerprint density at radius 1 is 1.19 bits per heavy atom. The molecule has 118 valence electrons. The van der Waals surface area contributed by atoms with Gasteiger partial charge in [-0.1, -0.05) is 0 Å². The summed E-state index contributed by atoms with van der Waals surface area (Å²) >= 11 is 0. The highest BCUT2D eigenvalue weighted by Gasteiger charge is 2.31. The van der Waals surface area contributed by atoms with E-state index in [0.29, 0.717) is 19.6 Å². The Morgan fingerprint density at radius 3 is 2.43 bits per heavy atom. The first-order valence-corrected chi connectivity index (χ1v) is 6.25. The quantitative estimate of drug-likeness (QED) is 0.718. The van der Waals surface area contributed by atoms with Crippen LogP contribution in [0, 0.1) is 0 Å². The van der Waals surface area contributed by atoms with E-state index in [9.17, 15) is 18.0 Å². The lowest BCUT2D eigenvalue weighted by Crippen LogP contribution is -2.25. The molecule has 1 aromatic rings. The Labute approximate surface area is 119 Å². The maximum atomic E-state index is 12.0. The number of hydrogen-bond donors (Lipinski definition) is 2. The van der Waals surface area contributed by atoms with Crippen LogP contribution in [0.2, 0.25) is 0 Å². The lowest BCUT2D eigenvalue weighted by Gasteiger charge is -2.09. The molecule has 0 unspecified atom stereocenters. The van der Waals surface area contributed by atoms with Gasteiger partial charge in [0.1, 0.15) is 5.75 Å². The molecule has 1 rings (SSSR count). The molecule has 2 N–H and O–H groups in total. The maximum Gasteiger partial charge on any atom is 0.573 e. The summed E-state index contributed by atoms with van der Waals surface area (Å²) in [7, 11) is 0. The van der Waals surface area contributed by atoms with E-state index in [0.717, 1.165) is 12.1 Å². The largest absolute Gasteiger partial charge is 0.573 e. The SMILES string of the molecule is O=C(NCCCOCCO)c1ccc(OC(F)(F)F)cc1. The second-order valence-corrected chi connectivity index (χ2v) is 4.02. The molecule has 8 heteroatoms. The molecule has 0 saturated carbocycles. The van der Waals surface area contributed by atoms with Gasteiger partial charge < -0.3 is 19.9 Å². The number of aliphatic hydroxyl groups is 1. The first-order valence-electron chi connectivity index (χ1n) is 6.25. The lowest BCUT2D eigenvalue weighted by molar-refractivity contribution is -0.274. The van der Waals surface area contributed by atoms with Crippen molar-refractivity contribution >= 4 is 5.91 Å². The highest BCUT2D eigenvalue weighted by molar-refractivity contribution is 5.94. The van der Waals surface area contributed by atoms with Gasteiger partial charge >= 0.3 is 6.36 Å². The van der Waals surface area contributed by atoms with Crippen molar-refractivity contribution in [3.05, 3.63) is 29.8 Å². The Morgan fingerprint density at radius 2 is 1.86 bits per heavy atom. The zero-order valence-corrected chi connectivity index (χ0v) is 11.2. The number of ether oxygens (including phenoxy) is 2. The van der Waals surface area contributed by atoms with Crippen molar-refractivity contribution in [1.29, 1.82) is 0 Å². The summed E-state index contributed by atoms with van der Waals surface area (Å²) in [5.41, 5.74) is 0.237. The molecular weight excluding hydrogens is 291 g/mol. The van der Waals surface area contributed by atoms with Gasteiger partial charge in [0, 0.05) is 18.7 Å². The van der Waals surface area contributed by atoms with E-state index in [1.807, 2.05) is 0 Å². The fourth-order valence-electron chi connectivity index (χ4n) is 1.45. The average Bonchev–Trinajstić information content (AvgIpc) is 2.41. The van der Waals surface area contributed by atoms with E-state index in [-0.39, 0.29) is 24.5 Å². The fourth-order valence-corrected chi connectivity index (χ4v) is 1.45. The first kappa shape index (κ1) is 17.3. The van der Waals surface area contributed by atoms with Gasteiger partial charge in [-0.2, -0.15) is 0 Å². The summed E-state index contributed by atoms with van der Waals surface area (Å²) in [6.45, 7) is 0.956. The van der Waals surface area contributed by atoms with Gasteiger partial charge in [-0.15, -0.1) is 13.2 Å². The van der Waals surface area contributed by atoms with Gasteiger partial charge in [0.15, 0.2) is 0 Å². The van der Waals surface area contributed by atoms with E-state index in [1.165, 1.54) is 12.1 Å². The number of carbonyl (C=O) groups is 1. The predicted octanol–water partition coefficient (Wildman–Crippen LogP) is 1.71. The van der Waals surface area contributed by atoms with Crippen LogP contribution in [0.5, 0.6) is 5.75 Å². The molecule has 0 saturated heterocycles. The summed E-state index contributed by atoms with van der Waals surface area (Å²) in [6.07, 6.45) is -4.18. The van der Waals surface area contributed by atoms with Crippen LogP contribution in [-0.4, -0.2) is 43.7 Å². The minimum atomic E-state index is -4.75. The lowest BCUT2D eigenvalue weighted by atomic mass is 10.2. The zero-order chi connectivity index (χ0) is 15.7. The van der Waals surface area contributed by atoms with E-state index in [1.54, 1.807) is 0 Å². The van der Waals surface area contributed by atoms with E-state index in [4.69, 9.17) is 9.84 Å². The number of halogens is 3. The molecule has 0 fully saturated rings. The van der Waals surface area contributed by atoms with Crippen molar-refractivity contribution in [2.75, 3.05) is 26.4 Å². The summed E-state index contributed by atoms with van der Waals surface area (Å²) in [5.74, 6) is -0.771. The van der Waals surface area contributed by atoms with Crippen LogP contribution in [0.25, 0.3) is 0 Å². The molecule has 0 aromatic heterocycles. The molecule has 1 amide bonds. The number of amides is 1. The molecule has 0 atom stereocenters. The average molecular weight is 307 g/mol. The number of nitrogens with one attached hydrogen (secondary N) is 1. The van der Waals surface area contributed by atoms with Crippen molar-refractivity contribution in [3.63, 3.8) is 0 Å². The number of rotatable bonds is 8. The van der Waals surface area contributed by atoms with Crippen LogP contribution in [0.3, 0.4) is 0 Å². The highest BCUT2D eigenvalue weighted by Crippen LogP contribution is 2.22. The number of alkyl halides is 3. The summed E-state index contributed by atoms with van der Waals surface area (Å²) in [6, 6.07) is 4.65. The standard InChI is InChI=1S/C13H16F3NO4/c14-13(15,16)21-11-4-2-10(3-5-11)12(19)17-6-1-8-20-9-7-18/h2-5,18H,1,6-9H2,(H,17,19). The number of aliphatic hydroxyl groups excluding tert-OH is 1. The molecule has 0 spiro atoms. The summed E-state index contributed by atoms with van der Waals surface area (Å²) in [5, 5.41) is 11.1. The highest BCUT2D eigenvalue weighted by atomic mass is 19.4. The normalized spacial score (nSPS) is 11.2. The first-order chi connectivity index (χ1) is 9.92. The molecule has 0 radical (unpaired) electrons. The molecule has 0 heterocycles. The Hall–Kier alpha value is -1.80. The van der Waals surface area contributed by atoms with E-state index < -0.39 is 12.3 Å². The third-order valence-electron chi connectivity index (χ3n) is 2.34. The minimum Gasteiger partial charge on any atom is -0.406 e. The number of hydrogen-bond acceptors (Lipinski definition) is 4. The van der Waals surface area contributed by atoms with Gasteiger partial charge in [0.05, 0.1) is 13.2 Å². The van der Waals surface area contributed by atoms with Crippen LogP contribution in [0.15, 0.2) is 24.3 Å². The Bertz CT molecular complexity index is 434. The third kappa shape index (κ3) is 7.52. The van der Waals surface area contributed by atoms with Crippen LogP contribution >= 0.6 is 0 Å². The molecule has 0 aliphatic carbocycles. The van der Waals surface area contributed by atoms with Crippen LogP contribution in [-0.2, 0) is 4.74 Å². The zero-order valence-electron chi connectivity index (χ0n) is 11.2. The maximum absolute atomic E-state index is 12.0. The van der Waals surface area contributed by atoms with Crippen LogP contribution < -0.4 is 10.1 Å². The molecular formula is C13H16F3NO4. The molecule has 0 aliphatic rings. The van der Waals surface area contributed by atoms with Crippen LogP contribution in [0.4, 0.5) is 13.2 Å². The van der Waals surface area contributed by atoms with E-state index in [2.05, 4.69) is 10.1 Å². The fraction of sp³-hybridized carbons (Fsp3) is 0.462. The van der Waals surface area contributed by atoms with Gasteiger partial charge in [0.2, 0.25) is 0 Å². The predicted molar refractivity (Wildman–Crippen MR) is 68.0 cm³/mol. The molecule has 21 heavy (non-hydrogen) atoms. The summed E-state index contributed by atoms with van der Waals surface area (Å²) in [4.78, 5) is 11.7. The van der Waals surface area contributed by atoms with Gasteiger partial charge in [-0.25, -0.2) is 0 Å². The van der Waals surface area contributed by atoms with Gasteiger partial charge in [-0.05, 0) is 30.7 Å². The van der Waals surface area contributed by atoms with Crippen molar-refractivity contribution in [2.24, 2.45) is 0 Å². The van der Waals surface area contributed by atoms with Crippen molar-refractivity contribution < 1.29 is 32.5 Å². The molecule has 0 aliphatic heterocycles. The van der Waals surface area contributed by atoms with Crippen molar-refractivity contribution in [2.45, 2.75) is 12.8 Å². The Balaban J connectivity index is 2.34. The minimum absolute atomic E-state index is 0.0568. The van der Waals surface area contributed by atoms with Crippen molar-refractivity contribution in [3.8, 4) is 5.75 Å². The van der Waals surface area contributed by atoms with Gasteiger partial charge in [-0.3, -0.25) is 4.79 Å². The Kier molecular flexibility index (Phi) is 6.97. The topological polar surface area (TPSA) is 67.8 Å². The molecule has 0 bridgehead atoms. The van der Waals surface area contributed by atoms with Crippen LogP contribution in [0.1, 0.15) is 16.8 Å². The van der Waals surface area contributed by atoms with E-state index >= 15 is 0 Å². The monoisotopic (exact) mass is 307 g/mol. The smallest absolute Gasteiger partial charge is 0.406 e. The number of carbonyl (C=O) groups excluding carboxylic acids is 1. The second kappa shape index (κ2) is 8.48. The van der Waals surface area contributed by atoms with Gasteiger partial charge in [0.25, 0.3) is 5.91 Å². The third-order valence-corrected chi connectivity index (χ3v) is 2.34.